The molecule has 0 N–H and O–H groups in total. The molecule has 0 aliphatic carbocycles. The summed E-state index contributed by atoms with van der Waals surface area (Å²) < 4.78 is 39.4. The lowest BCUT2D eigenvalue weighted by Gasteiger charge is -2.37. The van der Waals surface area contributed by atoms with Crippen LogP contribution in [0.1, 0.15) is 26.3 Å². The Kier molecular flexibility index (Phi) is 4.46. The Morgan fingerprint density at radius 3 is 2.18 bits per heavy atom. The van der Waals surface area contributed by atoms with E-state index < -0.39 is 15.6 Å². The fourth-order valence-electron chi connectivity index (χ4n) is 2.22. The first-order valence-electron chi connectivity index (χ1n) is 6.85. The van der Waals surface area contributed by atoms with Crippen molar-refractivity contribution >= 4 is 16.0 Å². The molecule has 0 aliphatic heterocycles. The molecule has 1 aromatic heterocycles. The van der Waals surface area contributed by atoms with Crippen LogP contribution in [0, 0.1) is 5.82 Å². The maximum atomic E-state index is 13.1. The minimum Gasteiger partial charge on any atom is -0.227 e. The number of anilines is 1. The molecule has 0 atom stereocenters. The number of halogens is 1. The van der Waals surface area contributed by atoms with E-state index in [1.54, 1.807) is 39.0 Å². The summed E-state index contributed by atoms with van der Waals surface area (Å²) in [5.41, 5.74) is -0.303. The first-order chi connectivity index (χ1) is 10.3. The normalized spacial score (nSPS) is 12.2. The van der Waals surface area contributed by atoms with Crippen LogP contribution in [0.25, 0.3) is 0 Å². The number of sulfonamides is 1. The zero-order chi connectivity index (χ0) is 16.4. The van der Waals surface area contributed by atoms with Crippen LogP contribution in [-0.4, -0.2) is 24.1 Å². The van der Waals surface area contributed by atoms with Gasteiger partial charge in [0.05, 0.1) is 11.3 Å². The molecule has 1 aromatic carbocycles. The molecule has 118 valence electrons. The van der Waals surface area contributed by atoms with Crippen molar-refractivity contribution in [1.29, 1.82) is 0 Å². The van der Waals surface area contributed by atoms with Gasteiger partial charge in [-0.15, -0.1) is 0 Å². The Hall–Kier alpha value is -2.02. The van der Waals surface area contributed by atoms with E-state index in [-0.39, 0.29) is 17.5 Å². The Bertz CT molecular complexity index is 731. The highest BCUT2D eigenvalue weighted by Gasteiger charge is 2.38. The summed E-state index contributed by atoms with van der Waals surface area (Å²) in [4.78, 5) is 8.13. The Morgan fingerprint density at radius 2 is 1.68 bits per heavy atom. The first kappa shape index (κ1) is 16.4. The van der Waals surface area contributed by atoms with E-state index in [4.69, 9.17) is 0 Å². The molecule has 7 heteroatoms. The van der Waals surface area contributed by atoms with Gasteiger partial charge in [-0.1, -0.05) is 12.1 Å². The van der Waals surface area contributed by atoms with Gasteiger partial charge >= 0.3 is 0 Å². The first-order valence-corrected chi connectivity index (χ1v) is 8.46. The summed E-state index contributed by atoms with van der Waals surface area (Å²) in [5.74, 6) is -0.366. The second kappa shape index (κ2) is 6.00. The molecule has 0 radical (unpaired) electrons. The third kappa shape index (κ3) is 3.09. The van der Waals surface area contributed by atoms with Crippen LogP contribution in [0.3, 0.4) is 0 Å². The predicted octanol–water partition coefficient (Wildman–Crippen LogP) is 2.71. The minimum atomic E-state index is -3.61. The lowest BCUT2D eigenvalue weighted by atomic mass is 9.94. The molecule has 22 heavy (non-hydrogen) atoms. The van der Waals surface area contributed by atoms with Crippen LogP contribution >= 0.6 is 0 Å². The molecule has 0 fully saturated rings. The molecule has 2 aromatic rings. The lowest BCUT2D eigenvalue weighted by molar-refractivity contribution is 0.513. The van der Waals surface area contributed by atoms with Crippen molar-refractivity contribution < 1.29 is 12.8 Å². The van der Waals surface area contributed by atoms with Gasteiger partial charge in [-0.25, -0.2) is 27.1 Å². The molecule has 0 spiro atoms. The highest BCUT2D eigenvalue weighted by Crippen LogP contribution is 2.33. The topological polar surface area (TPSA) is 63.2 Å². The fourth-order valence-corrected chi connectivity index (χ4v) is 3.62. The van der Waals surface area contributed by atoms with E-state index in [1.165, 1.54) is 28.8 Å². The Balaban J connectivity index is 2.60. The van der Waals surface area contributed by atoms with Crippen LogP contribution in [0.15, 0.2) is 42.7 Å². The highest BCUT2D eigenvalue weighted by atomic mass is 32.2. The van der Waals surface area contributed by atoms with Crippen molar-refractivity contribution in [2.24, 2.45) is 0 Å². The van der Waals surface area contributed by atoms with Crippen LogP contribution in [0.5, 0.6) is 0 Å². The van der Waals surface area contributed by atoms with Gasteiger partial charge in [-0.3, -0.25) is 0 Å². The average molecular weight is 323 g/mol. The van der Waals surface area contributed by atoms with Crippen LogP contribution in [0.4, 0.5) is 10.3 Å². The Morgan fingerprint density at radius 1 is 1.14 bits per heavy atom. The molecule has 0 unspecified atom stereocenters. The number of benzene rings is 1. The molecule has 1 heterocycles. The molecule has 0 saturated carbocycles. The van der Waals surface area contributed by atoms with Gasteiger partial charge in [0.15, 0.2) is 0 Å². The standard InChI is InChI=1S/C15H18FN3O2S/c1-4-22(20,21)19(14-17-10-5-11-18-14)15(2,3)12-6-8-13(16)9-7-12/h5-11H,4H2,1-3H3. The van der Waals surface area contributed by atoms with E-state index in [9.17, 15) is 12.8 Å². The van der Waals surface area contributed by atoms with E-state index in [1.807, 2.05) is 0 Å². The van der Waals surface area contributed by atoms with E-state index in [2.05, 4.69) is 9.97 Å². The number of hydrogen-bond donors (Lipinski definition) is 0. The summed E-state index contributed by atoms with van der Waals surface area (Å²) in [5, 5.41) is 0. The zero-order valence-corrected chi connectivity index (χ0v) is 13.5. The summed E-state index contributed by atoms with van der Waals surface area (Å²) in [6, 6.07) is 7.36. The molecule has 0 aliphatic rings. The van der Waals surface area contributed by atoms with Gasteiger partial charge in [-0.05, 0) is 44.5 Å². The van der Waals surface area contributed by atoms with Gasteiger partial charge in [0.2, 0.25) is 16.0 Å². The quantitative estimate of drug-likeness (QED) is 0.849. The Labute approximate surface area is 129 Å². The minimum absolute atomic E-state index is 0.0874. The third-order valence-corrected chi connectivity index (χ3v) is 5.34. The number of nitrogens with zero attached hydrogens (tertiary/aromatic N) is 3. The average Bonchev–Trinajstić information content (AvgIpc) is 2.48. The van der Waals surface area contributed by atoms with Gasteiger partial charge in [0.25, 0.3) is 0 Å². The van der Waals surface area contributed by atoms with Gasteiger partial charge in [0.1, 0.15) is 5.82 Å². The number of aromatic nitrogens is 2. The summed E-state index contributed by atoms with van der Waals surface area (Å²) in [7, 11) is -3.61. The predicted molar refractivity (Wildman–Crippen MR) is 83.4 cm³/mol. The van der Waals surface area contributed by atoms with E-state index in [0.717, 1.165) is 0 Å². The molecule has 0 saturated heterocycles. The summed E-state index contributed by atoms with van der Waals surface area (Å²) >= 11 is 0. The zero-order valence-electron chi connectivity index (χ0n) is 12.7. The number of rotatable bonds is 5. The maximum absolute atomic E-state index is 13.1. The van der Waals surface area contributed by atoms with Crippen LogP contribution in [0.2, 0.25) is 0 Å². The van der Waals surface area contributed by atoms with Crippen molar-refractivity contribution in [1.82, 2.24) is 9.97 Å². The van der Waals surface area contributed by atoms with Crippen molar-refractivity contribution in [3.63, 3.8) is 0 Å². The SMILES string of the molecule is CCS(=O)(=O)N(c1ncccn1)C(C)(C)c1ccc(F)cc1. The summed E-state index contributed by atoms with van der Waals surface area (Å²) in [6.07, 6.45) is 2.97. The van der Waals surface area contributed by atoms with Crippen molar-refractivity contribution in [3.8, 4) is 0 Å². The molecule has 0 bridgehead atoms. The second-order valence-corrected chi connectivity index (χ2v) is 7.39. The van der Waals surface area contributed by atoms with Gasteiger partial charge < -0.3 is 0 Å². The fraction of sp³-hybridized carbons (Fsp3) is 0.333. The molecule has 2 rings (SSSR count). The largest absolute Gasteiger partial charge is 0.239 e. The smallest absolute Gasteiger partial charge is 0.227 e. The van der Waals surface area contributed by atoms with Crippen LogP contribution in [-0.2, 0) is 15.6 Å². The van der Waals surface area contributed by atoms with Crippen molar-refractivity contribution in [3.05, 3.63) is 54.1 Å². The van der Waals surface area contributed by atoms with E-state index in [0.29, 0.717) is 5.56 Å². The van der Waals surface area contributed by atoms with Gasteiger partial charge in [0, 0.05) is 12.4 Å². The maximum Gasteiger partial charge on any atom is 0.239 e. The van der Waals surface area contributed by atoms with Crippen LogP contribution < -0.4 is 4.31 Å². The lowest BCUT2D eigenvalue weighted by Crippen LogP contribution is -2.47. The van der Waals surface area contributed by atoms with Gasteiger partial charge in [-0.2, -0.15) is 0 Å². The highest BCUT2D eigenvalue weighted by molar-refractivity contribution is 7.92. The summed E-state index contributed by atoms with van der Waals surface area (Å²) in [6.45, 7) is 5.04. The molecular weight excluding hydrogens is 305 g/mol. The van der Waals surface area contributed by atoms with Crippen molar-refractivity contribution in [2.75, 3.05) is 10.1 Å². The molecule has 5 nitrogen and oxygen atoms in total. The monoisotopic (exact) mass is 323 g/mol. The van der Waals surface area contributed by atoms with E-state index >= 15 is 0 Å². The molecule has 0 amide bonds. The second-order valence-electron chi connectivity index (χ2n) is 5.28. The number of hydrogen-bond acceptors (Lipinski definition) is 4. The van der Waals surface area contributed by atoms with Crippen molar-refractivity contribution in [2.45, 2.75) is 26.3 Å². The molecular formula is C15H18FN3O2S. The third-order valence-electron chi connectivity index (χ3n) is 3.44.